The van der Waals surface area contributed by atoms with Crippen molar-refractivity contribution in [2.45, 2.75) is 29.8 Å². The molecule has 1 aliphatic rings. The van der Waals surface area contributed by atoms with Crippen LogP contribution in [-0.4, -0.2) is 41.3 Å². The van der Waals surface area contributed by atoms with Gasteiger partial charge in [0.2, 0.25) is 5.91 Å². The number of halogens is 7. The number of carbonyl (C=O) groups excluding carboxylic acids is 3. The van der Waals surface area contributed by atoms with E-state index in [2.05, 4.69) is 10.6 Å². The van der Waals surface area contributed by atoms with E-state index in [0.717, 1.165) is 11.1 Å². The summed E-state index contributed by atoms with van der Waals surface area (Å²) in [6, 6.07) is 9.58. The molecule has 13 heteroatoms. The molecule has 3 N–H and O–H groups in total. The van der Waals surface area contributed by atoms with Crippen LogP contribution in [0.25, 0.3) is 0 Å². The van der Waals surface area contributed by atoms with Crippen molar-refractivity contribution < 1.29 is 27.6 Å². The normalized spacial score (nSPS) is 18.3. The topological polar surface area (TPSA) is 87.3 Å². The third kappa shape index (κ3) is 6.76. The monoisotopic (exact) mass is 583 g/mol. The SMILES string of the molecule is Cc1cc(Cl)cc(C2C(C(=O)Nc3ccc(Cl)c(C(=O)NCCCNC(=O)C(F)(F)F)c3)C2(Cl)Cl)c1. The van der Waals surface area contributed by atoms with Crippen LogP contribution in [0.1, 0.15) is 33.8 Å². The Bertz CT molecular complexity index is 1170. The van der Waals surface area contributed by atoms with Crippen LogP contribution in [0.4, 0.5) is 18.9 Å². The van der Waals surface area contributed by atoms with E-state index in [1.165, 1.54) is 18.2 Å². The lowest BCUT2D eigenvalue weighted by Gasteiger charge is -2.11. The van der Waals surface area contributed by atoms with Crippen LogP contribution in [-0.2, 0) is 9.59 Å². The van der Waals surface area contributed by atoms with Gasteiger partial charge in [0, 0.05) is 29.7 Å². The fourth-order valence-corrected chi connectivity index (χ4v) is 5.03. The molecule has 36 heavy (non-hydrogen) atoms. The second-order valence-electron chi connectivity index (χ2n) is 8.24. The van der Waals surface area contributed by atoms with E-state index in [1.807, 2.05) is 13.0 Å². The average Bonchev–Trinajstić information content (AvgIpc) is 3.35. The van der Waals surface area contributed by atoms with Crippen molar-refractivity contribution in [1.82, 2.24) is 10.6 Å². The predicted molar refractivity (Wildman–Crippen MR) is 133 cm³/mol. The molecule has 3 amide bonds. The highest BCUT2D eigenvalue weighted by atomic mass is 35.5. The van der Waals surface area contributed by atoms with Gasteiger partial charge in [0.25, 0.3) is 5.91 Å². The first kappa shape index (κ1) is 28.4. The minimum absolute atomic E-state index is 0.0201. The van der Waals surface area contributed by atoms with Gasteiger partial charge in [-0.15, -0.1) is 23.2 Å². The van der Waals surface area contributed by atoms with E-state index in [1.54, 1.807) is 17.4 Å². The minimum Gasteiger partial charge on any atom is -0.352 e. The van der Waals surface area contributed by atoms with E-state index in [-0.39, 0.29) is 35.8 Å². The van der Waals surface area contributed by atoms with Crippen molar-refractivity contribution in [1.29, 1.82) is 0 Å². The van der Waals surface area contributed by atoms with E-state index in [9.17, 15) is 27.6 Å². The largest absolute Gasteiger partial charge is 0.471 e. The molecule has 1 saturated carbocycles. The number of carbonyl (C=O) groups is 3. The standard InChI is InChI=1S/C23H20Cl4F3N3O3/c1-11-7-12(9-13(24)8-11)17-18(22(17,26)27)20(35)33-14-3-4-16(25)15(10-14)19(34)31-5-2-6-32-21(36)23(28,29)30/h3-4,7-10,17-18H,2,5-6H2,1H3,(H,31,34)(H,32,36)(H,33,35). The molecule has 0 heterocycles. The maximum absolute atomic E-state index is 12.9. The molecular weight excluding hydrogens is 565 g/mol. The lowest BCUT2D eigenvalue weighted by atomic mass is 10.1. The Balaban J connectivity index is 1.59. The van der Waals surface area contributed by atoms with Gasteiger partial charge in [-0.1, -0.05) is 29.3 Å². The van der Waals surface area contributed by atoms with Crippen LogP contribution < -0.4 is 16.0 Å². The van der Waals surface area contributed by atoms with Crippen LogP contribution in [0, 0.1) is 12.8 Å². The Morgan fingerprint density at radius 1 is 1.00 bits per heavy atom. The van der Waals surface area contributed by atoms with Crippen molar-refractivity contribution in [3.05, 3.63) is 63.1 Å². The molecule has 0 spiro atoms. The van der Waals surface area contributed by atoms with Gasteiger partial charge in [0.05, 0.1) is 16.5 Å². The predicted octanol–water partition coefficient (Wildman–Crippen LogP) is 5.63. The van der Waals surface area contributed by atoms with Crippen molar-refractivity contribution >= 4 is 69.8 Å². The summed E-state index contributed by atoms with van der Waals surface area (Å²) in [5.74, 6) is -4.37. The number of anilines is 1. The molecule has 194 valence electrons. The summed E-state index contributed by atoms with van der Waals surface area (Å²) in [7, 11) is 0. The van der Waals surface area contributed by atoms with Crippen LogP contribution >= 0.6 is 46.4 Å². The zero-order valence-electron chi connectivity index (χ0n) is 18.6. The van der Waals surface area contributed by atoms with Gasteiger partial charge in [-0.2, -0.15) is 13.2 Å². The Morgan fingerprint density at radius 3 is 2.31 bits per heavy atom. The molecule has 2 aromatic rings. The summed E-state index contributed by atoms with van der Waals surface area (Å²) in [6.45, 7) is 1.55. The van der Waals surface area contributed by atoms with Crippen molar-refractivity contribution in [3.8, 4) is 0 Å². The zero-order chi connectivity index (χ0) is 26.8. The number of alkyl halides is 5. The van der Waals surface area contributed by atoms with Crippen LogP contribution in [0.2, 0.25) is 10.0 Å². The van der Waals surface area contributed by atoms with Gasteiger partial charge in [-0.3, -0.25) is 14.4 Å². The first-order valence-corrected chi connectivity index (χ1v) is 12.1. The third-order valence-corrected chi connectivity index (χ3v) is 6.91. The van der Waals surface area contributed by atoms with Crippen LogP contribution in [0.3, 0.4) is 0 Å². The summed E-state index contributed by atoms with van der Waals surface area (Å²) in [6.07, 6.45) is -4.91. The van der Waals surface area contributed by atoms with Gasteiger partial charge in [0.15, 0.2) is 0 Å². The van der Waals surface area contributed by atoms with Crippen molar-refractivity contribution in [2.75, 3.05) is 18.4 Å². The van der Waals surface area contributed by atoms with E-state index >= 15 is 0 Å². The van der Waals surface area contributed by atoms with Gasteiger partial charge in [0.1, 0.15) is 4.33 Å². The van der Waals surface area contributed by atoms with Gasteiger partial charge < -0.3 is 16.0 Å². The fraction of sp³-hybridized carbons (Fsp3) is 0.348. The number of benzene rings is 2. The molecular formula is C23H20Cl4F3N3O3. The van der Waals surface area contributed by atoms with Crippen LogP contribution in [0.15, 0.2) is 36.4 Å². The second-order valence-corrected chi connectivity index (χ2v) is 10.5. The molecule has 0 bridgehead atoms. The molecule has 2 atom stereocenters. The minimum atomic E-state index is -4.97. The van der Waals surface area contributed by atoms with Gasteiger partial charge in [-0.05, 0) is 54.8 Å². The van der Waals surface area contributed by atoms with Gasteiger partial charge in [-0.25, -0.2) is 0 Å². The molecule has 0 radical (unpaired) electrons. The highest BCUT2D eigenvalue weighted by molar-refractivity contribution is 6.53. The lowest BCUT2D eigenvalue weighted by molar-refractivity contribution is -0.173. The molecule has 1 fully saturated rings. The number of rotatable bonds is 8. The molecule has 2 aromatic carbocycles. The van der Waals surface area contributed by atoms with Crippen LogP contribution in [0.5, 0.6) is 0 Å². The second kappa shape index (κ2) is 11.0. The van der Waals surface area contributed by atoms with E-state index < -0.39 is 40.1 Å². The molecule has 0 aromatic heterocycles. The van der Waals surface area contributed by atoms with E-state index in [0.29, 0.717) is 5.02 Å². The number of nitrogens with one attached hydrogen (secondary N) is 3. The Morgan fingerprint density at radius 2 is 1.67 bits per heavy atom. The first-order chi connectivity index (χ1) is 16.7. The maximum Gasteiger partial charge on any atom is 0.471 e. The average molecular weight is 585 g/mol. The molecule has 0 aliphatic heterocycles. The summed E-state index contributed by atoms with van der Waals surface area (Å²) >= 11 is 25.0. The number of hydrogen-bond acceptors (Lipinski definition) is 3. The Hall–Kier alpha value is -2.20. The quantitative estimate of drug-likeness (QED) is 0.278. The fourth-order valence-electron chi connectivity index (χ4n) is 3.70. The molecule has 6 nitrogen and oxygen atoms in total. The highest BCUT2D eigenvalue weighted by Gasteiger charge is 2.67. The highest BCUT2D eigenvalue weighted by Crippen LogP contribution is 2.65. The Kier molecular flexibility index (Phi) is 8.70. The smallest absolute Gasteiger partial charge is 0.352 e. The number of hydrogen-bond donors (Lipinski definition) is 3. The molecule has 2 unspecified atom stereocenters. The summed E-state index contributed by atoms with van der Waals surface area (Å²) in [5, 5.41) is 7.47. The first-order valence-electron chi connectivity index (χ1n) is 10.6. The van der Waals surface area contributed by atoms with Crippen molar-refractivity contribution in [3.63, 3.8) is 0 Å². The zero-order valence-corrected chi connectivity index (χ0v) is 21.6. The summed E-state index contributed by atoms with van der Waals surface area (Å²) in [4.78, 5) is 36.2. The molecule has 1 aliphatic carbocycles. The summed E-state index contributed by atoms with van der Waals surface area (Å²) in [5.41, 5.74) is 1.93. The number of aryl methyl sites for hydroxylation is 1. The van der Waals surface area contributed by atoms with E-state index in [4.69, 9.17) is 46.4 Å². The maximum atomic E-state index is 12.9. The Labute approximate surface area is 224 Å². The van der Waals surface area contributed by atoms with Gasteiger partial charge >= 0.3 is 12.1 Å². The molecule has 0 saturated heterocycles. The summed E-state index contributed by atoms with van der Waals surface area (Å²) < 4.78 is 35.2. The number of amides is 3. The third-order valence-electron chi connectivity index (χ3n) is 5.42. The lowest BCUT2D eigenvalue weighted by Crippen LogP contribution is -2.38. The van der Waals surface area contributed by atoms with Crippen molar-refractivity contribution in [2.24, 2.45) is 5.92 Å². The molecule has 3 rings (SSSR count).